The van der Waals surface area contributed by atoms with Gasteiger partial charge in [0.25, 0.3) is 5.91 Å². The van der Waals surface area contributed by atoms with Crippen molar-refractivity contribution in [3.63, 3.8) is 0 Å². The molecule has 0 aliphatic heterocycles. The summed E-state index contributed by atoms with van der Waals surface area (Å²) in [5.74, 6) is -0.578. The Morgan fingerprint density at radius 3 is 2.33 bits per heavy atom. The van der Waals surface area contributed by atoms with E-state index in [1.165, 1.54) is 19.2 Å². The molecule has 0 saturated carbocycles. The number of carbonyl (C=O) groups is 2. The highest BCUT2D eigenvalue weighted by molar-refractivity contribution is 6.07. The summed E-state index contributed by atoms with van der Waals surface area (Å²) in [6.45, 7) is 1.96. The fourth-order valence-electron chi connectivity index (χ4n) is 1.87. The molecule has 0 aromatic heterocycles. The summed E-state index contributed by atoms with van der Waals surface area (Å²) in [6.07, 6.45) is 0. The Labute approximate surface area is 122 Å². The number of nitrogens with two attached hydrogens (primary N) is 1. The predicted molar refractivity (Wildman–Crippen MR) is 80.6 cm³/mol. The van der Waals surface area contributed by atoms with Gasteiger partial charge in [-0.15, -0.1) is 0 Å². The molecule has 0 heterocycles. The molecule has 2 rings (SSSR count). The van der Waals surface area contributed by atoms with E-state index in [0.717, 1.165) is 5.56 Å². The van der Waals surface area contributed by atoms with Crippen LogP contribution >= 0.6 is 0 Å². The lowest BCUT2D eigenvalue weighted by atomic mass is 10.1. The first-order chi connectivity index (χ1) is 10.0. The van der Waals surface area contributed by atoms with E-state index in [-0.39, 0.29) is 17.0 Å². The zero-order valence-corrected chi connectivity index (χ0v) is 11.8. The molecule has 0 fully saturated rings. The van der Waals surface area contributed by atoms with Crippen LogP contribution in [0.1, 0.15) is 26.3 Å². The molecule has 0 unspecified atom stereocenters. The van der Waals surface area contributed by atoms with E-state index in [2.05, 4.69) is 5.32 Å². The van der Waals surface area contributed by atoms with Crippen molar-refractivity contribution in [2.24, 2.45) is 5.73 Å². The molecule has 0 atom stereocenters. The molecule has 0 saturated heterocycles. The Kier molecular flexibility index (Phi) is 4.23. The molecule has 2 amide bonds. The topological polar surface area (TPSA) is 81.4 Å². The summed E-state index contributed by atoms with van der Waals surface area (Å²) in [5, 5.41) is 2.76. The molecular formula is C16H16N2O3. The number of primary amides is 1. The van der Waals surface area contributed by atoms with E-state index in [1.54, 1.807) is 18.2 Å². The van der Waals surface area contributed by atoms with Crippen molar-refractivity contribution in [3.05, 3.63) is 59.2 Å². The standard InChI is InChI=1S/C16H16N2O3/c1-10-3-6-12(7-4-10)18-16(20)13-9-11(15(17)19)5-8-14(13)21-2/h3-9H,1-2H3,(H2,17,19)(H,18,20). The molecule has 5 nitrogen and oxygen atoms in total. The first kappa shape index (κ1) is 14.6. The van der Waals surface area contributed by atoms with Gasteiger partial charge in [0.05, 0.1) is 12.7 Å². The molecule has 0 aliphatic rings. The molecule has 0 radical (unpaired) electrons. The molecule has 5 heteroatoms. The number of methoxy groups -OCH3 is 1. The van der Waals surface area contributed by atoms with Crippen LogP contribution < -0.4 is 15.8 Å². The third-order valence-corrected chi connectivity index (χ3v) is 3.04. The van der Waals surface area contributed by atoms with Gasteiger partial charge in [-0.05, 0) is 37.3 Å². The third-order valence-electron chi connectivity index (χ3n) is 3.04. The van der Waals surface area contributed by atoms with E-state index >= 15 is 0 Å². The molecule has 3 N–H and O–H groups in total. The lowest BCUT2D eigenvalue weighted by Gasteiger charge is -2.10. The molecule has 108 valence electrons. The summed E-state index contributed by atoms with van der Waals surface area (Å²) in [4.78, 5) is 23.5. The van der Waals surface area contributed by atoms with Crippen molar-refractivity contribution >= 4 is 17.5 Å². The highest BCUT2D eigenvalue weighted by atomic mass is 16.5. The lowest BCUT2D eigenvalue weighted by molar-refractivity contribution is 0.1000. The number of rotatable bonds is 4. The second-order valence-corrected chi connectivity index (χ2v) is 4.60. The van der Waals surface area contributed by atoms with E-state index in [9.17, 15) is 9.59 Å². The second-order valence-electron chi connectivity index (χ2n) is 4.60. The quantitative estimate of drug-likeness (QED) is 0.904. The maximum atomic E-state index is 12.3. The van der Waals surface area contributed by atoms with Gasteiger partial charge < -0.3 is 15.8 Å². The number of ether oxygens (including phenoxy) is 1. The number of hydrogen-bond donors (Lipinski definition) is 2. The summed E-state index contributed by atoms with van der Waals surface area (Å²) in [5.41, 5.74) is 7.51. The van der Waals surface area contributed by atoms with Crippen LogP contribution in [0.5, 0.6) is 5.75 Å². The van der Waals surface area contributed by atoms with Crippen LogP contribution in [0.15, 0.2) is 42.5 Å². The lowest BCUT2D eigenvalue weighted by Crippen LogP contribution is -2.16. The maximum absolute atomic E-state index is 12.3. The molecule has 2 aromatic rings. The van der Waals surface area contributed by atoms with E-state index in [4.69, 9.17) is 10.5 Å². The maximum Gasteiger partial charge on any atom is 0.259 e. The first-order valence-corrected chi connectivity index (χ1v) is 6.37. The van der Waals surface area contributed by atoms with Crippen molar-refractivity contribution in [3.8, 4) is 5.75 Å². The summed E-state index contributed by atoms with van der Waals surface area (Å²) >= 11 is 0. The summed E-state index contributed by atoms with van der Waals surface area (Å²) in [6, 6.07) is 11.9. The van der Waals surface area contributed by atoms with Crippen LogP contribution in [-0.2, 0) is 0 Å². The van der Waals surface area contributed by atoms with Crippen LogP contribution in [0.4, 0.5) is 5.69 Å². The monoisotopic (exact) mass is 284 g/mol. The highest BCUT2D eigenvalue weighted by Gasteiger charge is 2.15. The number of carbonyl (C=O) groups excluding carboxylic acids is 2. The normalized spacial score (nSPS) is 10.0. The largest absolute Gasteiger partial charge is 0.496 e. The number of nitrogens with one attached hydrogen (secondary N) is 1. The van der Waals surface area contributed by atoms with Crippen molar-refractivity contribution in [2.45, 2.75) is 6.92 Å². The van der Waals surface area contributed by atoms with E-state index < -0.39 is 5.91 Å². The predicted octanol–water partition coefficient (Wildman–Crippen LogP) is 2.35. The fraction of sp³-hybridized carbons (Fsp3) is 0.125. The van der Waals surface area contributed by atoms with Crippen LogP contribution in [0.2, 0.25) is 0 Å². The Hall–Kier alpha value is -2.82. The minimum atomic E-state index is -0.595. The van der Waals surface area contributed by atoms with Crippen LogP contribution in [-0.4, -0.2) is 18.9 Å². The minimum absolute atomic E-state index is 0.254. The van der Waals surface area contributed by atoms with Gasteiger partial charge in [0, 0.05) is 11.3 Å². The van der Waals surface area contributed by atoms with Crippen LogP contribution in [0.3, 0.4) is 0 Å². The SMILES string of the molecule is COc1ccc(C(N)=O)cc1C(=O)Nc1ccc(C)cc1. The molecule has 0 bridgehead atoms. The summed E-state index contributed by atoms with van der Waals surface area (Å²) in [7, 11) is 1.46. The van der Waals surface area contributed by atoms with Gasteiger partial charge >= 0.3 is 0 Å². The molecule has 0 spiro atoms. The highest BCUT2D eigenvalue weighted by Crippen LogP contribution is 2.21. The van der Waals surface area contributed by atoms with Crippen molar-refractivity contribution < 1.29 is 14.3 Å². The van der Waals surface area contributed by atoms with E-state index in [0.29, 0.717) is 11.4 Å². The van der Waals surface area contributed by atoms with Crippen LogP contribution in [0, 0.1) is 6.92 Å². The Morgan fingerprint density at radius 2 is 1.76 bits per heavy atom. The molecule has 21 heavy (non-hydrogen) atoms. The van der Waals surface area contributed by atoms with Crippen molar-refractivity contribution in [1.29, 1.82) is 0 Å². The van der Waals surface area contributed by atoms with Gasteiger partial charge in [-0.25, -0.2) is 0 Å². The average molecular weight is 284 g/mol. The molecule has 0 aliphatic carbocycles. The minimum Gasteiger partial charge on any atom is -0.496 e. The van der Waals surface area contributed by atoms with Crippen molar-refractivity contribution in [2.75, 3.05) is 12.4 Å². The zero-order chi connectivity index (χ0) is 15.4. The van der Waals surface area contributed by atoms with Gasteiger partial charge in [0.15, 0.2) is 0 Å². The number of amides is 2. The fourth-order valence-corrected chi connectivity index (χ4v) is 1.87. The number of benzene rings is 2. The Bertz CT molecular complexity index is 678. The molecule has 2 aromatic carbocycles. The average Bonchev–Trinajstić information content (AvgIpc) is 2.48. The van der Waals surface area contributed by atoms with Gasteiger partial charge in [-0.1, -0.05) is 17.7 Å². The number of hydrogen-bond acceptors (Lipinski definition) is 3. The van der Waals surface area contributed by atoms with Gasteiger partial charge in [-0.3, -0.25) is 9.59 Å². The summed E-state index contributed by atoms with van der Waals surface area (Å²) < 4.78 is 5.15. The Morgan fingerprint density at radius 1 is 1.10 bits per heavy atom. The smallest absolute Gasteiger partial charge is 0.259 e. The van der Waals surface area contributed by atoms with Gasteiger partial charge in [-0.2, -0.15) is 0 Å². The van der Waals surface area contributed by atoms with Gasteiger partial charge in [0.2, 0.25) is 5.91 Å². The second kappa shape index (κ2) is 6.09. The van der Waals surface area contributed by atoms with Gasteiger partial charge in [0.1, 0.15) is 5.75 Å². The first-order valence-electron chi connectivity index (χ1n) is 6.37. The number of anilines is 1. The van der Waals surface area contributed by atoms with Crippen molar-refractivity contribution in [1.82, 2.24) is 0 Å². The molecular weight excluding hydrogens is 268 g/mol. The number of aryl methyl sites for hydroxylation is 1. The zero-order valence-electron chi connectivity index (χ0n) is 11.8. The van der Waals surface area contributed by atoms with Crippen LogP contribution in [0.25, 0.3) is 0 Å². The Balaban J connectivity index is 2.30. The third kappa shape index (κ3) is 3.39. The van der Waals surface area contributed by atoms with E-state index in [1.807, 2.05) is 19.1 Å².